The van der Waals surface area contributed by atoms with Crippen molar-refractivity contribution >= 4 is 5.97 Å². The summed E-state index contributed by atoms with van der Waals surface area (Å²) in [5.74, 6) is -1.40. The van der Waals surface area contributed by atoms with Gasteiger partial charge < -0.3 is 15.5 Å². The van der Waals surface area contributed by atoms with Crippen LogP contribution in [0, 0.1) is 0 Å². The van der Waals surface area contributed by atoms with E-state index < -0.39 is 17.5 Å². The van der Waals surface area contributed by atoms with Crippen molar-refractivity contribution in [1.29, 1.82) is 0 Å². The van der Waals surface area contributed by atoms with E-state index in [0.717, 1.165) is 24.8 Å². The van der Waals surface area contributed by atoms with Crippen LogP contribution in [-0.2, 0) is 4.79 Å². The van der Waals surface area contributed by atoms with Gasteiger partial charge in [0.25, 0.3) is 0 Å². The van der Waals surface area contributed by atoms with E-state index in [-0.39, 0.29) is 0 Å². The molecule has 0 spiro atoms. The van der Waals surface area contributed by atoms with E-state index in [4.69, 9.17) is 0 Å². The Kier molecular flexibility index (Phi) is 3.99. The molecule has 0 bridgehead atoms. The van der Waals surface area contributed by atoms with Crippen molar-refractivity contribution in [3.63, 3.8) is 0 Å². The molecule has 98 valence electrons. The van der Waals surface area contributed by atoms with Gasteiger partial charge in [0.15, 0.2) is 0 Å². The fraction of sp³-hybridized carbons (Fsp3) is 0.500. The number of hydrogen-bond acceptors (Lipinski definition) is 3. The van der Waals surface area contributed by atoms with E-state index in [1.807, 2.05) is 30.3 Å². The molecule has 3 N–H and O–H groups in total. The van der Waals surface area contributed by atoms with Crippen molar-refractivity contribution in [2.24, 2.45) is 0 Å². The molecule has 1 saturated carbocycles. The smallest absolute Gasteiger partial charge is 0.312 e. The van der Waals surface area contributed by atoms with Gasteiger partial charge in [-0.3, -0.25) is 4.79 Å². The SMILES string of the molecule is O=C(O)C(CNCC1(O)CCC1)c1ccccc1. The first kappa shape index (κ1) is 13.1. The zero-order valence-corrected chi connectivity index (χ0v) is 10.3. The normalized spacial score (nSPS) is 18.9. The fourth-order valence-electron chi connectivity index (χ4n) is 2.24. The van der Waals surface area contributed by atoms with E-state index in [9.17, 15) is 15.0 Å². The van der Waals surface area contributed by atoms with E-state index in [0.29, 0.717) is 13.1 Å². The van der Waals surface area contributed by atoms with Crippen LogP contribution in [0.15, 0.2) is 30.3 Å². The van der Waals surface area contributed by atoms with Crippen LogP contribution in [-0.4, -0.2) is 34.9 Å². The molecule has 0 heterocycles. The Morgan fingerprint density at radius 1 is 1.33 bits per heavy atom. The molecule has 4 nitrogen and oxygen atoms in total. The molecule has 1 aliphatic carbocycles. The second kappa shape index (κ2) is 5.50. The molecule has 1 atom stereocenters. The summed E-state index contributed by atoms with van der Waals surface area (Å²) in [5.41, 5.74) is 0.179. The molecule has 0 aromatic heterocycles. The predicted molar refractivity (Wildman–Crippen MR) is 68.5 cm³/mol. The molecule has 1 fully saturated rings. The van der Waals surface area contributed by atoms with Gasteiger partial charge in [-0.1, -0.05) is 30.3 Å². The minimum Gasteiger partial charge on any atom is -0.481 e. The van der Waals surface area contributed by atoms with Crippen LogP contribution in [0.3, 0.4) is 0 Å². The minimum atomic E-state index is -0.839. The highest BCUT2D eigenvalue weighted by Crippen LogP contribution is 2.30. The molecule has 1 unspecified atom stereocenters. The van der Waals surface area contributed by atoms with E-state index >= 15 is 0 Å². The molecule has 1 aromatic rings. The number of carboxylic acids is 1. The summed E-state index contributed by atoms with van der Waals surface area (Å²) in [4.78, 5) is 11.2. The Labute approximate surface area is 107 Å². The van der Waals surface area contributed by atoms with E-state index in [1.54, 1.807) is 0 Å². The second-order valence-electron chi connectivity index (χ2n) is 5.01. The van der Waals surface area contributed by atoms with Crippen LogP contribution in [0.5, 0.6) is 0 Å². The maximum absolute atomic E-state index is 11.2. The average molecular weight is 249 g/mol. The number of nitrogens with one attached hydrogen (secondary N) is 1. The Morgan fingerprint density at radius 2 is 2.00 bits per heavy atom. The first-order valence-electron chi connectivity index (χ1n) is 6.32. The maximum Gasteiger partial charge on any atom is 0.312 e. The van der Waals surface area contributed by atoms with Crippen LogP contribution in [0.4, 0.5) is 0 Å². The maximum atomic E-state index is 11.2. The first-order chi connectivity index (χ1) is 8.61. The Hall–Kier alpha value is -1.39. The number of aliphatic carboxylic acids is 1. The summed E-state index contributed by atoms with van der Waals surface area (Å²) in [7, 11) is 0. The minimum absolute atomic E-state index is 0.349. The Morgan fingerprint density at radius 3 is 2.50 bits per heavy atom. The first-order valence-corrected chi connectivity index (χ1v) is 6.32. The largest absolute Gasteiger partial charge is 0.481 e. The molecular formula is C14H19NO3. The highest BCUT2D eigenvalue weighted by Gasteiger charge is 2.34. The quantitative estimate of drug-likeness (QED) is 0.712. The summed E-state index contributed by atoms with van der Waals surface area (Å²) < 4.78 is 0. The molecule has 0 radical (unpaired) electrons. The summed E-state index contributed by atoms with van der Waals surface area (Å²) in [6, 6.07) is 9.18. The summed E-state index contributed by atoms with van der Waals surface area (Å²) in [6.07, 6.45) is 2.67. The summed E-state index contributed by atoms with van der Waals surface area (Å²) in [5, 5.41) is 22.2. The van der Waals surface area contributed by atoms with Crippen molar-refractivity contribution in [2.45, 2.75) is 30.8 Å². The second-order valence-corrected chi connectivity index (χ2v) is 5.01. The van der Waals surface area contributed by atoms with Crippen LogP contribution < -0.4 is 5.32 Å². The number of carboxylic acid groups (broad SMARTS) is 1. The molecule has 1 aromatic carbocycles. The van der Waals surface area contributed by atoms with Crippen LogP contribution in [0.25, 0.3) is 0 Å². The lowest BCUT2D eigenvalue weighted by molar-refractivity contribution is -0.138. The van der Waals surface area contributed by atoms with E-state index in [1.165, 1.54) is 0 Å². The molecule has 0 amide bonds. The van der Waals surface area contributed by atoms with Crippen molar-refractivity contribution in [3.05, 3.63) is 35.9 Å². The van der Waals surface area contributed by atoms with Gasteiger partial charge in [-0.25, -0.2) is 0 Å². The van der Waals surface area contributed by atoms with Gasteiger partial charge >= 0.3 is 5.97 Å². The highest BCUT2D eigenvalue weighted by molar-refractivity contribution is 5.76. The lowest BCUT2D eigenvalue weighted by Crippen LogP contribution is -2.47. The number of hydrogen-bond donors (Lipinski definition) is 3. The molecular weight excluding hydrogens is 230 g/mol. The van der Waals surface area contributed by atoms with Gasteiger partial charge in [-0.2, -0.15) is 0 Å². The number of benzene rings is 1. The molecule has 4 heteroatoms. The zero-order chi connectivity index (χ0) is 13.0. The molecule has 1 aliphatic rings. The topological polar surface area (TPSA) is 69.6 Å². The van der Waals surface area contributed by atoms with Gasteiger partial charge in [-0.15, -0.1) is 0 Å². The van der Waals surface area contributed by atoms with Gasteiger partial charge in [0.1, 0.15) is 0 Å². The van der Waals surface area contributed by atoms with Gasteiger partial charge in [0, 0.05) is 13.1 Å². The monoisotopic (exact) mass is 249 g/mol. The Bertz CT molecular complexity index is 401. The molecule has 0 aliphatic heterocycles. The number of carbonyl (C=O) groups is 1. The number of rotatable bonds is 6. The average Bonchev–Trinajstić information content (AvgIpc) is 2.33. The Balaban J connectivity index is 1.89. The number of aliphatic hydroxyl groups is 1. The standard InChI is InChI=1S/C14H19NO3/c16-13(17)12(11-5-2-1-3-6-11)9-15-10-14(18)7-4-8-14/h1-3,5-6,12,15,18H,4,7-10H2,(H,16,17). The van der Waals surface area contributed by atoms with Crippen molar-refractivity contribution < 1.29 is 15.0 Å². The van der Waals surface area contributed by atoms with Gasteiger partial charge in [-0.05, 0) is 24.8 Å². The van der Waals surface area contributed by atoms with Crippen LogP contribution in [0.2, 0.25) is 0 Å². The molecule has 2 rings (SSSR count). The van der Waals surface area contributed by atoms with Gasteiger partial charge in [0.2, 0.25) is 0 Å². The third-order valence-electron chi connectivity index (χ3n) is 3.59. The summed E-state index contributed by atoms with van der Waals surface area (Å²) >= 11 is 0. The fourth-order valence-corrected chi connectivity index (χ4v) is 2.24. The zero-order valence-electron chi connectivity index (χ0n) is 10.3. The third-order valence-corrected chi connectivity index (χ3v) is 3.59. The lowest BCUT2D eigenvalue weighted by Gasteiger charge is -2.37. The molecule has 18 heavy (non-hydrogen) atoms. The van der Waals surface area contributed by atoms with Crippen molar-refractivity contribution in [1.82, 2.24) is 5.32 Å². The van der Waals surface area contributed by atoms with Crippen molar-refractivity contribution in [2.75, 3.05) is 13.1 Å². The lowest BCUT2D eigenvalue weighted by atomic mass is 9.80. The molecule has 0 saturated heterocycles. The van der Waals surface area contributed by atoms with Gasteiger partial charge in [0.05, 0.1) is 11.5 Å². The van der Waals surface area contributed by atoms with E-state index in [2.05, 4.69) is 5.32 Å². The third kappa shape index (κ3) is 3.09. The predicted octanol–water partition coefficient (Wildman–Crippen LogP) is 1.36. The summed E-state index contributed by atoms with van der Waals surface area (Å²) in [6.45, 7) is 0.825. The van der Waals surface area contributed by atoms with Crippen LogP contribution in [0.1, 0.15) is 30.7 Å². The van der Waals surface area contributed by atoms with Crippen LogP contribution >= 0.6 is 0 Å². The highest BCUT2D eigenvalue weighted by atomic mass is 16.4. The van der Waals surface area contributed by atoms with Crippen molar-refractivity contribution in [3.8, 4) is 0 Å².